The van der Waals surface area contributed by atoms with E-state index >= 15 is 0 Å². The molecule has 23 heavy (non-hydrogen) atoms. The number of carbonyl (C=O) groups is 2. The van der Waals surface area contributed by atoms with Crippen LogP contribution in [0.5, 0.6) is 0 Å². The molecule has 0 fully saturated rings. The molecule has 0 radical (unpaired) electrons. The van der Waals surface area contributed by atoms with E-state index in [1.165, 1.54) is 23.8 Å². The minimum absolute atomic E-state index is 0.0774. The standard InChI is InChI=1S/C16H20N2O3S2/c1-4-21-8-7-18-13-6-5-11(2)9-14(13)23-16(18)17-15(20)10-22-12(3)19/h5-6,9H,4,7-8,10H2,1-3H3. The maximum Gasteiger partial charge on any atom is 0.258 e. The highest BCUT2D eigenvalue weighted by atomic mass is 32.2. The van der Waals surface area contributed by atoms with Gasteiger partial charge < -0.3 is 9.30 Å². The van der Waals surface area contributed by atoms with E-state index in [0.29, 0.717) is 24.6 Å². The number of nitrogens with zero attached hydrogens (tertiary/aromatic N) is 2. The van der Waals surface area contributed by atoms with Crippen LogP contribution >= 0.6 is 23.1 Å². The third kappa shape index (κ3) is 5.02. The van der Waals surface area contributed by atoms with E-state index in [1.54, 1.807) is 0 Å². The maximum absolute atomic E-state index is 12.0. The Morgan fingerprint density at radius 1 is 1.39 bits per heavy atom. The summed E-state index contributed by atoms with van der Waals surface area (Å²) in [5, 5.41) is -0.0789. The van der Waals surface area contributed by atoms with Crippen LogP contribution in [0.15, 0.2) is 23.2 Å². The molecule has 1 aromatic carbocycles. The molecule has 2 rings (SSSR count). The molecule has 0 N–H and O–H groups in total. The number of amides is 1. The Morgan fingerprint density at radius 3 is 2.87 bits per heavy atom. The summed E-state index contributed by atoms with van der Waals surface area (Å²) in [5.41, 5.74) is 2.21. The number of hydrogen-bond donors (Lipinski definition) is 0. The van der Waals surface area contributed by atoms with Crippen LogP contribution in [0.4, 0.5) is 0 Å². The zero-order valence-corrected chi connectivity index (χ0v) is 15.1. The number of hydrogen-bond acceptors (Lipinski definition) is 5. The van der Waals surface area contributed by atoms with Gasteiger partial charge in [-0.1, -0.05) is 29.2 Å². The van der Waals surface area contributed by atoms with Crippen LogP contribution in [-0.2, 0) is 20.9 Å². The molecule has 0 saturated carbocycles. The Bertz CT molecular complexity index is 777. The van der Waals surface area contributed by atoms with Crippen LogP contribution in [-0.4, -0.2) is 34.6 Å². The molecule has 0 aliphatic rings. The van der Waals surface area contributed by atoms with Gasteiger partial charge in [0.1, 0.15) is 0 Å². The fourth-order valence-electron chi connectivity index (χ4n) is 2.08. The lowest BCUT2D eigenvalue weighted by Gasteiger charge is -2.05. The van der Waals surface area contributed by atoms with Gasteiger partial charge in [0.2, 0.25) is 0 Å². The van der Waals surface area contributed by atoms with Crippen molar-refractivity contribution >= 4 is 44.3 Å². The second-order valence-corrected chi connectivity index (χ2v) is 7.15. The lowest BCUT2D eigenvalue weighted by molar-refractivity contribution is -0.116. The largest absolute Gasteiger partial charge is 0.380 e. The van der Waals surface area contributed by atoms with Crippen molar-refractivity contribution in [3.05, 3.63) is 28.6 Å². The van der Waals surface area contributed by atoms with Crippen molar-refractivity contribution in [1.82, 2.24) is 4.57 Å². The predicted molar refractivity (Wildman–Crippen MR) is 94.8 cm³/mol. The number of benzene rings is 1. The van der Waals surface area contributed by atoms with Crippen molar-refractivity contribution in [1.29, 1.82) is 0 Å². The fourth-order valence-corrected chi connectivity index (χ4v) is 3.65. The second-order valence-electron chi connectivity index (χ2n) is 4.99. The Hall–Kier alpha value is -1.44. The van der Waals surface area contributed by atoms with Crippen molar-refractivity contribution < 1.29 is 14.3 Å². The van der Waals surface area contributed by atoms with Gasteiger partial charge in [0.25, 0.3) is 5.91 Å². The molecule has 1 amide bonds. The van der Waals surface area contributed by atoms with Gasteiger partial charge in [-0.2, -0.15) is 4.99 Å². The lowest BCUT2D eigenvalue weighted by Crippen LogP contribution is -2.20. The molecule has 1 heterocycles. The zero-order valence-electron chi connectivity index (χ0n) is 13.5. The lowest BCUT2D eigenvalue weighted by atomic mass is 10.2. The molecule has 0 unspecified atom stereocenters. The van der Waals surface area contributed by atoms with Crippen molar-refractivity contribution in [3.8, 4) is 0 Å². The zero-order chi connectivity index (χ0) is 16.8. The van der Waals surface area contributed by atoms with E-state index in [9.17, 15) is 9.59 Å². The minimum Gasteiger partial charge on any atom is -0.380 e. The molecule has 7 heteroatoms. The highest BCUT2D eigenvalue weighted by Crippen LogP contribution is 2.19. The number of ether oxygens (including phenoxy) is 1. The monoisotopic (exact) mass is 352 g/mol. The maximum atomic E-state index is 12.0. The smallest absolute Gasteiger partial charge is 0.258 e. The van der Waals surface area contributed by atoms with Crippen molar-refractivity contribution in [2.75, 3.05) is 19.0 Å². The number of carbonyl (C=O) groups excluding carboxylic acids is 2. The SMILES string of the molecule is CCOCCn1c(=NC(=O)CSC(C)=O)sc2cc(C)ccc21. The number of rotatable bonds is 6. The fraction of sp³-hybridized carbons (Fsp3) is 0.438. The van der Waals surface area contributed by atoms with E-state index < -0.39 is 0 Å². The average Bonchev–Trinajstić information content (AvgIpc) is 2.82. The predicted octanol–water partition coefficient (Wildman–Crippen LogP) is 2.75. The first-order chi connectivity index (χ1) is 11.0. The number of thioether (sulfide) groups is 1. The third-order valence-corrected chi connectivity index (χ3v) is 4.96. The molecule has 0 aliphatic heterocycles. The Morgan fingerprint density at radius 2 is 2.17 bits per heavy atom. The van der Waals surface area contributed by atoms with Gasteiger partial charge in [0.15, 0.2) is 9.92 Å². The van der Waals surface area contributed by atoms with E-state index in [-0.39, 0.29) is 16.8 Å². The Kier molecular flexibility index (Phi) is 6.56. The first-order valence-electron chi connectivity index (χ1n) is 7.40. The van der Waals surface area contributed by atoms with E-state index in [0.717, 1.165) is 22.0 Å². The Labute approximate surface area is 143 Å². The van der Waals surface area contributed by atoms with Crippen molar-refractivity contribution in [3.63, 3.8) is 0 Å². The average molecular weight is 352 g/mol. The van der Waals surface area contributed by atoms with Crippen LogP contribution in [0.3, 0.4) is 0 Å². The Balaban J connectivity index is 2.37. The van der Waals surface area contributed by atoms with E-state index in [1.807, 2.05) is 30.5 Å². The molecule has 124 valence electrons. The molecule has 0 aliphatic carbocycles. The molecule has 5 nitrogen and oxygen atoms in total. The van der Waals surface area contributed by atoms with Crippen molar-refractivity contribution in [2.24, 2.45) is 4.99 Å². The van der Waals surface area contributed by atoms with Crippen molar-refractivity contribution in [2.45, 2.75) is 27.3 Å². The molecule has 0 saturated heterocycles. The summed E-state index contributed by atoms with van der Waals surface area (Å²) in [6, 6.07) is 6.18. The second kappa shape index (κ2) is 8.42. The summed E-state index contributed by atoms with van der Waals surface area (Å²) in [5.74, 6) is -0.215. The topological polar surface area (TPSA) is 60.7 Å². The molecule has 0 spiro atoms. The van der Waals surface area contributed by atoms with Gasteiger partial charge >= 0.3 is 0 Å². The summed E-state index contributed by atoms with van der Waals surface area (Å²) in [4.78, 5) is 27.8. The summed E-state index contributed by atoms with van der Waals surface area (Å²) in [6.07, 6.45) is 0. The number of thiazole rings is 1. The molecule has 2 aromatic rings. The quantitative estimate of drug-likeness (QED) is 0.750. The van der Waals surface area contributed by atoms with Gasteiger partial charge in [-0.3, -0.25) is 9.59 Å². The van der Waals surface area contributed by atoms with Gasteiger partial charge in [-0.05, 0) is 31.5 Å². The van der Waals surface area contributed by atoms with Gasteiger partial charge in [-0.25, -0.2) is 0 Å². The molecule has 0 atom stereocenters. The van der Waals surface area contributed by atoms with E-state index in [2.05, 4.69) is 11.1 Å². The van der Waals surface area contributed by atoms with E-state index in [4.69, 9.17) is 4.74 Å². The van der Waals surface area contributed by atoms with Gasteiger partial charge in [0.05, 0.1) is 22.6 Å². The van der Waals surface area contributed by atoms with Crippen LogP contribution in [0.25, 0.3) is 10.2 Å². The van der Waals surface area contributed by atoms with Crippen LogP contribution in [0.1, 0.15) is 19.4 Å². The third-order valence-electron chi connectivity index (χ3n) is 3.12. The normalized spacial score (nSPS) is 12.0. The summed E-state index contributed by atoms with van der Waals surface area (Å²) >= 11 is 2.47. The highest BCUT2D eigenvalue weighted by molar-refractivity contribution is 8.14. The molecule has 0 bridgehead atoms. The summed E-state index contributed by atoms with van der Waals surface area (Å²) < 4.78 is 8.52. The number of aromatic nitrogens is 1. The minimum atomic E-state index is -0.293. The molecule has 1 aromatic heterocycles. The first kappa shape index (κ1) is 17.9. The molecular formula is C16H20N2O3S2. The van der Waals surface area contributed by atoms with Gasteiger partial charge in [0, 0.05) is 20.1 Å². The summed E-state index contributed by atoms with van der Waals surface area (Å²) in [6.45, 7) is 7.30. The first-order valence-corrected chi connectivity index (χ1v) is 9.20. The number of fused-ring (bicyclic) bond motifs is 1. The van der Waals surface area contributed by atoms with Crippen LogP contribution in [0.2, 0.25) is 0 Å². The number of aryl methyl sites for hydroxylation is 1. The van der Waals surface area contributed by atoms with Crippen LogP contribution in [0, 0.1) is 6.92 Å². The van der Waals surface area contributed by atoms with Gasteiger partial charge in [-0.15, -0.1) is 0 Å². The van der Waals surface area contributed by atoms with Crippen LogP contribution < -0.4 is 4.80 Å². The molecular weight excluding hydrogens is 332 g/mol. The summed E-state index contributed by atoms with van der Waals surface area (Å²) in [7, 11) is 0. The highest BCUT2D eigenvalue weighted by Gasteiger charge is 2.09.